The lowest BCUT2D eigenvalue weighted by Gasteiger charge is -2.03. The zero-order valence-electron chi connectivity index (χ0n) is 11.0. The van der Waals surface area contributed by atoms with Crippen molar-refractivity contribution in [1.82, 2.24) is 19.9 Å². The lowest BCUT2D eigenvalue weighted by molar-refractivity contribution is 0.578. The van der Waals surface area contributed by atoms with E-state index < -0.39 is 0 Å². The first-order chi connectivity index (χ1) is 9.92. The van der Waals surface area contributed by atoms with Crippen LogP contribution in [0.5, 0.6) is 0 Å². The standard InChI is InChI=1S/C14H16N4S2/c1-3-13(19-8-1)14-17-12(10-20-14)9-15-4-2-6-18-7-5-16-11-18/h1,3,5,7-8,10-11,15H,2,4,6,9H2. The van der Waals surface area contributed by atoms with Crippen LogP contribution in [0.25, 0.3) is 9.88 Å². The van der Waals surface area contributed by atoms with E-state index in [-0.39, 0.29) is 0 Å². The van der Waals surface area contributed by atoms with Crippen LogP contribution in [0.4, 0.5) is 0 Å². The van der Waals surface area contributed by atoms with Crippen LogP contribution in [-0.2, 0) is 13.1 Å². The van der Waals surface area contributed by atoms with E-state index in [1.807, 2.05) is 18.7 Å². The molecular weight excluding hydrogens is 288 g/mol. The third-order valence-electron chi connectivity index (χ3n) is 2.92. The van der Waals surface area contributed by atoms with Gasteiger partial charge in [-0.15, -0.1) is 22.7 Å². The van der Waals surface area contributed by atoms with Crippen LogP contribution < -0.4 is 5.32 Å². The third kappa shape index (κ3) is 3.53. The number of thiazole rings is 1. The Morgan fingerprint density at radius 1 is 1.30 bits per heavy atom. The molecule has 3 rings (SSSR count). The van der Waals surface area contributed by atoms with Crippen molar-refractivity contribution in [2.24, 2.45) is 0 Å². The highest BCUT2D eigenvalue weighted by atomic mass is 32.1. The van der Waals surface area contributed by atoms with Gasteiger partial charge in [-0.3, -0.25) is 0 Å². The third-order valence-corrected chi connectivity index (χ3v) is 4.85. The van der Waals surface area contributed by atoms with Gasteiger partial charge in [0.1, 0.15) is 5.01 Å². The number of thiophene rings is 1. The first-order valence-corrected chi connectivity index (χ1v) is 8.32. The molecule has 0 aliphatic heterocycles. The number of rotatable bonds is 7. The Morgan fingerprint density at radius 2 is 2.30 bits per heavy atom. The van der Waals surface area contributed by atoms with Crippen molar-refractivity contribution in [2.75, 3.05) is 6.54 Å². The van der Waals surface area contributed by atoms with Gasteiger partial charge in [0.15, 0.2) is 0 Å². The summed E-state index contributed by atoms with van der Waals surface area (Å²) >= 11 is 3.45. The summed E-state index contributed by atoms with van der Waals surface area (Å²) in [7, 11) is 0. The molecule has 3 aromatic rings. The fourth-order valence-corrected chi connectivity index (χ4v) is 3.56. The average molecular weight is 304 g/mol. The second-order valence-electron chi connectivity index (χ2n) is 4.45. The van der Waals surface area contributed by atoms with Gasteiger partial charge in [-0.25, -0.2) is 9.97 Å². The Labute approximate surface area is 126 Å². The van der Waals surface area contributed by atoms with Gasteiger partial charge in [-0.2, -0.15) is 0 Å². The predicted molar refractivity (Wildman–Crippen MR) is 84.0 cm³/mol. The Balaban J connectivity index is 1.40. The molecule has 3 aromatic heterocycles. The molecule has 0 fully saturated rings. The molecular formula is C14H16N4S2. The fraction of sp³-hybridized carbons (Fsp3) is 0.286. The number of hydrogen-bond acceptors (Lipinski definition) is 5. The highest BCUT2D eigenvalue weighted by molar-refractivity contribution is 7.20. The van der Waals surface area contributed by atoms with E-state index in [0.717, 1.165) is 36.8 Å². The van der Waals surface area contributed by atoms with Gasteiger partial charge >= 0.3 is 0 Å². The van der Waals surface area contributed by atoms with E-state index in [2.05, 4.69) is 42.7 Å². The van der Waals surface area contributed by atoms with Crippen molar-refractivity contribution >= 4 is 22.7 Å². The maximum absolute atomic E-state index is 4.65. The highest BCUT2D eigenvalue weighted by Crippen LogP contribution is 2.27. The Hall–Kier alpha value is -1.50. The molecule has 0 aromatic carbocycles. The SMILES string of the molecule is c1csc(-c2nc(CNCCCn3ccnc3)cs2)c1. The minimum atomic E-state index is 0.839. The van der Waals surface area contributed by atoms with Crippen LogP contribution in [-0.4, -0.2) is 21.1 Å². The normalized spacial score (nSPS) is 11.0. The van der Waals surface area contributed by atoms with Crippen molar-refractivity contribution in [3.05, 3.63) is 47.3 Å². The molecule has 1 N–H and O–H groups in total. The van der Waals surface area contributed by atoms with Gasteiger partial charge in [0.2, 0.25) is 0 Å². The Kier molecular flexibility index (Phi) is 4.57. The number of aromatic nitrogens is 3. The summed E-state index contributed by atoms with van der Waals surface area (Å²) < 4.78 is 2.10. The van der Waals surface area contributed by atoms with Crippen molar-refractivity contribution in [3.63, 3.8) is 0 Å². The van der Waals surface area contributed by atoms with Gasteiger partial charge < -0.3 is 9.88 Å². The number of hydrogen-bond donors (Lipinski definition) is 1. The Bertz CT molecular complexity index is 613. The van der Waals surface area contributed by atoms with Crippen molar-refractivity contribution < 1.29 is 0 Å². The topological polar surface area (TPSA) is 42.7 Å². The minimum absolute atomic E-state index is 0.839. The van der Waals surface area contributed by atoms with Crippen LogP contribution in [0.15, 0.2) is 41.6 Å². The van der Waals surface area contributed by atoms with Gasteiger partial charge in [-0.1, -0.05) is 6.07 Å². The van der Waals surface area contributed by atoms with E-state index >= 15 is 0 Å². The number of nitrogens with zero attached hydrogens (tertiary/aromatic N) is 3. The van der Waals surface area contributed by atoms with Gasteiger partial charge in [0.25, 0.3) is 0 Å². The number of imidazole rings is 1. The van der Waals surface area contributed by atoms with Crippen LogP contribution in [0.3, 0.4) is 0 Å². The van der Waals surface area contributed by atoms with Crippen molar-refractivity contribution in [2.45, 2.75) is 19.5 Å². The molecule has 0 saturated heterocycles. The molecule has 0 aliphatic carbocycles. The van der Waals surface area contributed by atoms with Crippen molar-refractivity contribution in [1.29, 1.82) is 0 Å². The van der Waals surface area contributed by atoms with Crippen LogP contribution in [0.2, 0.25) is 0 Å². The van der Waals surface area contributed by atoms with Crippen molar-refractivity contribution in [3.8, 4) is 9.88 Å². The second kappa shape index (κ2) is 6.78. The van der Waals surface area contributed by atoms with Crippen LogP contribution in [0.1, 0.15) is 12.1 Å². The number of nitrogens with one attached hydrogen (secondary N) is 1. The summed E-state index contributed by atoms with van der Waals surface area (Å²) in [6.07, 6.45) is 6.76. The first-order valence-electron chi connectivity index (χ1n) is 6.56. The predicted octanol–water partition coefficient (Wildman–Crippen LogP) is 3.25. The number of aryl methyl sites for hydroxylation is 1. The molecule has 3 heterocycles. The van der Waals surface area contributed by atoms with E-state index in [9.17, 15) is 0 Å². The summed E-state index contributed by atoms with van der Waals surface area (Å²) in [5.41, 5.74) is 1.13. The van der Waals surface area contributed by atoms with E-state index in [0.29, 0.717) is 0 Å². The molecule has 6 heteroatoms. The molecule has 0 unspecified atom stereocenters. The highest BCUT2D eigenvalue weighted by Gasteiger charge is 2.04. The fourth-order valence-electron chi connectivity index (χ4n) is 1.92. The molecule has 0 spiro atoms. The smallest absolute Gasteiger partial charge is 0.133 e. The van der Waals surface area contributed by atoms with E-state index in [1.165, 1.54) is 4.88 Å². The molecule has 0 bridgehead atoms. The van der Waals surface area contributed by atoms with Gasteiger partial charge in [0, 0.05) is 30.9 Å². The molecule has 20 heavy (non-hydrogen) atoms. The molecule has 104 valence electrons. The molecule has 0 radical (unpaired) electrons. The zero-order valence-corrected chi connectivity index (χ0v) is 12.7. The summed E-state index contributed by atoms with van der Waals surface area (Å²) in [6, 6.07) is 4.18. The van der Waals surface area contributed by atoms with Crippen LogP contribution in [0, 0.1) is 0 Å². The largest absolute Gasteiger partial charge is 0.337 e. The zero-order chi connectivity index (χ0) is 13.6. The molecule has 4 nitrogen and oxygen atoms in total. The Morgan fingerprint density at radius 3 is 3.10 bits per heavy atom. The van der Waals surface area contributed by atoms with E-state index in [4.69, 9.17) is 0 Å². The minimum Gasteiger partial charge on any atom is -0.337 e. The summed E-state index contributed by atoms with van der Waals surface area (Å²) in [5.74, 6) is 0. The van der Waals surface area contributed by atoms with Crippen LogP contribution >= 0.6 is 22.7 Å². The molecule has 0 amide bonds. The maximum Gasteiger partial charge on any atom is 0.133 e. The average Bonchev–Trinajstić information content (AvgIpc) is 3.21. The van der Waals surface area contributed by atoms with Gasteiger partial charge in [0.05, 0.1) is 16.9 Å². The lowest BCUT2D eigenvalue weighted by atomic mass is 10.4. The molecule has 0 atom stereocenters. The second-order valence-corrected chi connectivity index (χ2v) is 6.26. The van der Waals surface area contributed by atoms with Gasteiger partial charge in [-0.05, 0) is 24.4 Å². The van der Waals surface area contributed by atoms with E-state index in [1.54, 1.807) is 22.7 Å². The molecule has 0 saturated carbocycles. The lowest BCUT2D eigenvalue weighted by Crippen LogP contribution is -2.16. The first kappa shape index (κ1) is 13.5. The maximum atomic E-state index is 4.65. The monoisotopic (exact) mass is 304 g/mol. The summed E-state index contributed by atoms with van der Waals surface area (Å²) in [5, 5.41) is 8.78. The summed E-state index contributed by atoms with van der Waals surface area (Å²) in [6.45, 7) is 2.83. The molecule has 0 aliphatic rings. The summed E-state index contributed by atoms with van der Waals surface area (Å²) in [4.78, 5) is 9.93. The quantitative estimate of drug-likeness (QED) is 0.681.